The topological polar surface area (TPSA) is 156 Å². The molecule has 0 saturated carbocycles. The third kappa shape index (κ3) is 12.4. The van der Waals surface area contributed by atoms with Crippen LogP contribution in [-0.2, 0) is 35.1 Å². The number of piperidine rings is 1. The quantitative estimate of drug-likeness (QED) is 0.183. The number of thiazole rings is 1. The Balaban J connectivity index is 1.80. The predicted molar refractivity (Wildman–Crippen MR) is 197 cm³/mol. The fourth-order valence-corrected chi connectivity index (χ4v) is 7.35. The van der Waals surface area contributed by atoms with Crippen molar-refractivity contribution in [2.45, 2.75) is 117 Å². The highest BCUT2D eigenvalue weighted by atomic mass is 32.1. The van der Waals surface area contributed by atoms with Crippen molar-refractivity contribution in [2.75, 3.05) is 20.7 Å². The second kappa shape index (κ2) is 20.3. The number of esters is 2. The molecule has 13 heteroatoms. The zero-order chi connectivity index (χ0) is 37.7. The molecule has 3 N–H and O–H groups in total. The van der Waals surface area contributed by atoms with Crippen LogP contribution in [0.4, 0.5) is 0 Å². The van der Waals surface area contributed by atoms with Crippen LogP contribution in [0.1, 0.15) is 107 Å². The molecule has 7 atom stereocenters. The molecule has 0 radical (unpaired) electrons. The number of benzene rings is 1. The van der Waals surface area contributed by atoms with Crippen molar-refractivity contribution in [3.8, 4) is 0 Å². The molecule has 1 aromatic carbocycles. The minimum absolute atomic E-state index is 0.0384. The van der Waals surface area contributed by atoms with E-state index in [0.717, 1.165) is 31.4 Å². The van der Waals surface area contributed by atoms with Crippen molar-refractivity contribution in [1.82, 2.24) is 25.8 Å². The van der Waals surface area contributed by atoms with Crippen molar-refractivity contribution in [3.05, 3.63) is 52.0 Å². The highest BCUT2D eigenvalue weighted by Crippen LogP contribution is 2.31. The van der Waals surface area contributed by atoms with Gasteiger partial charge in [0.15, 0.2) is 6.10 Å². The first-order valence-electron chi connectivity index (χ1n) is 18.1. The molecule has 0 unspecified atom stereocenters. The maximum absolute atomic E-state index is 14.1. The number of hydrogen-bond donors (Lipinski definition) is 3. The van der Waals surface area contributed by atoms with Gasteiger partial charge in [0.1, 0.15) is 16.7 Å². The Hall–Kier alpha value is -3.84. The summed E-state index contributed by atoms with van der Waals surface area (Å²) in [6.45, 7) is 11.8. The van der Waals surface area contributed by atoms with Gasteiger partial charge in [0, 0.05) is 37.9 Å². The predicted octanol–water partition coefficient (Wildman–Crippen LogP) is 4.83. The number of methoxy groups -OCH3 is 1. The fourth-order valence-electron chi connectivity index (χ4n) is 6.51. The number of carbonyl (C=O) groups excluding carboxylic acids is 5. The summed E-state index contributed by atoms with van der Waals surface area (Å²) >= 11 is 1.20. The smallest absolute Gasteiger partial charge is 0.308 e. The van der Waals surface area contributed by atoms with Gasteiger partial charge in [-0.3, -0.25) is 24.0 Å². The van der Waals surface area contributed by atoms with E-state index in [2.05, 4.69) is 20.9 Å². The molecule has 0 aliphatic carbocycles. The number of ether oxygens (including phenoxy) is 2. The number of likely N-dealkylation sites (N-methyl/N-ethyl adjacent to an activating group) is 1. The third-order valence-corrected chi connectivity index (χ3v) is 10.7. The van der Waals surface area contributed by atoms with Crippen molar-refractivity contribution < 1.29 is 33.4 Å². The molecule has 2 heterocycles. The van der Waals surface area contributed by atoms with E-state index in [1.807, 2.05) is 58.0 Å². The molecule has 3 amide bonds. The van der Waals surface area contributed by atoms with E-state index in [-0.39, 0.29) is 59.9 Å². The van der Waals surface area contributed by atoms with E-state index in [4.69, 9.17) is 9.47 Å². The zero-order valence-corrected chi connectivity index (χ0v) is 32.2. The molecule has 1 fully saturated rings. The van der Waals surface area contributed by atoms with Crippen LogP contribution in [-0.4, -0.2) is 84.4 Å². The Labute approximate surface area is 306 Å². The van der Waals surface area contributed by atoms with E-state index in [1.165, 1.54) is 25.4 Å². The molecule has 1 aliphatic heterocycles. The monoisotopic (exact) mass is 727 g/mol. The molecular formula is C38H57N5O7S. The third-order valence-electron chi connectivity index (χ3n) is 9.71. The molecule has 1 aromatic heterocycles. The van der Waals surface area contributed by atoms with Crippen molar-refractivity contribution in [2.24, 2.45) is 17.8 Å². The number of nitrogens with one attached hydrogen (secondary N) is 3. The van der Waals surface area contributed by atoms with Gasteiger partial charge in [-0.05, 0) is 49.6 Å². The summed E-state index contributed by atoms with van der Waals surface area (Å²) in [7, 11) is 3.07. The maximum atomic E-state index is 14.1. The van der Waals surface area contributed by atoms with Crippen LogP contribution in [0.15, 0.2) is 35.7 Å². The normalized spacial score (nSPS) is 18.0. The Morgan fingerprint density at radius 1 is 1.04 bits per heavy atom. The Bertz CT molecular complexity index is 1440. The van der Waals surface area contributed by atoms with E-state index < -0.39 is 29.9 Å². The van der Waals surface area contributed by atoms with Gasteiger partial charge in [0.05, 0.1) is 19.1 Å². The van der Waals surface area contributed by atoms with Gasteiger partial charge in [0.25, 0.3) is 5.91 Å². The second-order valence-corrected chi connectivity index (χ2v) is 14.9. The number of rotatable bonds is 18. The second-order valence-electron chi connectivity index (χ2n) is 14.1. The molecule has 1 saturated heterocycles. The minimum Gasteiger partial charge on any atom is -0.469 e. The first kappa shape index (κ1) is 41.6. The van der Waals surface area contributed by atoms with E-state index in [1.54, 1.807) is 24.3 Å². The van der Waals surface area contributed by atoms with Crippen LogP contribution >= 0.6 is 11.3 Å². The SMILES string of the molecule is CC[C@H](C)[C@H](NC(=O)[C@H]1CCCCN1)C(=O)N(C)[C@H](C[C@@H](OC(C)=O)c1nc(C(=O)N[C@@H](Cc2ccccc2)C[C@H](C)C(=O)OC)cs1)C(C)C. The Morgan fingerprint density at radius 2 is 1.75 bits per heavy atom. The maximum Gasteiger partial charge on any atom is 0.308 e. The number of hydrogen-bond acceptors (Lipinski definition) is 10. The molecule has 0 bridgehead atoms. The largest absolute Gasteiger partial charge is 0.469 e. The molecule has 1 aliphatic rings. The molecule has 3 rings (SSSR count). The average Bonchev–Trinajstić information content (AvgIpc) is 3.62. The molecule has 12 nitrogen and oxygen atoms in total. The van der Waals surface area contributed by atoms with Gasteiger partial charge in [-0.15, -0.1) is 11.3 Å². The molecule has 0 spiro atoms. The van der Waals surface area contributed by atoms with Gasteiger partial charge in [-0.1, -0.05) is 77.8 Å². The van der Waals surface area contributed by atoms with Crippen LogP contribution in [0.25, 0.3) is 0 Å². The lowest BCUT2D eigenvalue weighted by molar-refractivity contribution is -0.149. The van der Waals surface area contributed by atoms with Crippen LogP contribution in [0.2, 0.25) is 0 Å². The summed E-state index contributed by atoms with van der Waals surface area (Å²) in [6, 6.07) is 7.90. The summed E-state index contributed by atoms with van der Waals surface area (Å²) in [5.74, 6) is -2.24. The van der Waals surface area contributed by atoms with Gasteiger partial charge < -0.3 is 30.3 Å². The standard InChI is InChI=1S/C38H57N5O7S/c1-9-24(4)33(42-34(45)29-17-13-14-18-39-29)37(47)43(7)31(23(2)3)21-32(50-26(6)44)36-41-30(22-51-36)35(46)40-28(19-25(5)38(48)49-8)20-27-15-11-10-12-16-27/h10-12,15-16,22-25,28-29,31-33,39H,9,13-14,17-21H2,1-8H3,(H,40,46)(H,42,45)/t24-,25-,28+,29+,31+,32+,33-/m0/s1. The number of carbonyl (C=O) groups is 5. The summed E-state index contributed by atoms with van der Waals surface area (Å²) in [4.78, 5) is 71.6. The summed E-state index contributed by atoms with van der Waals surface area (Å²) in [5, 5.41) is 11.4. The lowest BCUT2D eigenvalue weighted by Crippen LogP contribution is -2.57. The lowest BCUT2D eigenvalue weighted by Gasteiger charge is -2.37. The lowest BCUT2D eigenvalue weighted by atomic mass is 9.92. The van der Waals surface area contributed by atoms with Crippen molar-refractivity contribution in [3.63, 3.8) is 0 Å². The van der Waals surface area contributed by atoms with Crippen LogP contribution in [0.3, 0.4) is 0 Å². The number of amides is 3. The summed E-state index contributed by atoms with van der Waals surface area (Å²) in [6.07, 6.45) is 3.71. The number of aromatic nitrogens is 1. The fraction of sp³-hybridized carbons (Fsp3) is 0.632. The molecular weight excluding hydrogens is 671 g/mol. The number of nitrogens with zero attached hydrogens (tertiary/aromatic N) is 2. The van der Waals surface area contributed by atoms with Gasteiger partial charge >= 0.3 is 11.9 Å². The molecule has 2 aromatic rings. The van der Waals surface area contributed by atoms with Gasteiger partial charge in [0.2, 0.25) is 11.8 Å². The Kier molecular flexibility index (Phi) is 16.5. The summed E-state index contributed by atoms with van der Waals surface area (Å²) < 4.78 is 10.7. The summed E-state index contributed by atoms with van der Waals surface area (Å²) in [5.41, 5.74) is 1.17. The first-order valence-corrected chi connectivity index (χ1v) is 19.0. The highest BCUT2D eigenvalue weighted by Gasteiger charge is 2.36. The minimum atomic E-state index is -0.820. The first-order chi connectivity index (χ1) is 24.2. The van der Waals surface area contributed by atoms with Crippen molar-refractivity contribution >= 4 is 41.0 Å². The zero-order valence-electron chi connectivity index (χ0n) is 31.4. The van der Waals surface area contributed by atoms with Crippen LogP contribution in [0.5, 0.6) is 0 Å². The average molecular weight is 728 g/mol. The highest BCUT2D eigenvalue weighted by molar-refractivity contribution is 7.09. The Morgan fingerprint density at radius 3 is 2.33 bits per heavy atom. The van der Waals surface area contributed by atoms with Crippen LogP contribution in [0, 0.1) is 17.8 Å². The van der Waals surface area contributed by atoms with E-state index >= 15 is 0 Å². The van der Waals surface area contributed by atoms with E-state index in [0.29, 0.717) is 24.3 Å². The van der Waals surface area contributed by atoms with Crippen molar-refractivity contribution in [1.29, 1.82) is 0 Å². The molecule has 51 heavy (non-hydrogen) atoms. The van der Waals surface area contributed by atoms with Gasteiger partial charge in [-0.2, -0.15) is 0 Å². The van der Waals surface area contributed by atoms with E-state index in [9.17, 15) is 24.0 Å². The van der Waals surface area contributed by atoms with Crippen LogP contribution < -0.4 is 16.0 Å². The molecule has 282 valence electrons. The van der Waals surface area contributed by atoms with Gasteiger partial charge in [-0.25, -0.2) is 4.98 Å².